The van der Waals surface area contributed by atoms with Crippen molar-refractivity contribution in [3.05, 3.63) is 65.2 Å². The van der Waals surface area contributed by atoms with E-state index in [-0.39, 0.29) is 36.5 Å². The largest absolute Gasteiger partial charge is 0.461 e. The van der Waals surface area contributed by atoms with Crippen LogP contribution in [0.5, 0.6) is 0 Å². The first kappa shape index (κ1) is 31.5. The molecular weight excluding hydrogens is 548 g/mol. The number of nitrogens with zero attached hydrogens (tertiary/aromatic N) is 1. The molecule has 222 valence electrons. The maximum atomic E-state index is 13.0. The number of carbonyl (C=O) groups excluding carboxylic acids is 7. The zero-order valence-corrected chi connectivity index (χ0v) is 23.6. The quantitative estimate of drug-likeness (QED) is 0.264. The number of anilines is 1. The minimum Gasteiger partial charge on any atom is -0.461 e. The molecule has 2 aromatic carbocycles. The van der Waals surface area contributed by atoms with Crippen molar-refractivity contribution in [2.24, 2.45) is 5.92 Å². The summed E-state index contributed by atoms with van der Waals surface area (Å²) < 4.78 is 4.93. The molecule has 0 aliphatic carbocycles. The monoisotopic (exact) mass is 580 g/mol. The smallest absolute Gasteiger partial charge is 0.363 e. The van der Waals surface area contributed by atoms with Gasteiger partial charge in [-0.15, -0.1) is 5.06 Å². The number of rotatable bonds is 11. The maximum absolute atomic E-state index is 13.0. The molecule has 0 radical (unpaired) electrons. The standard InChI is InChI=1S/C29H32N4O9/c1-16(2)25(28(39)30-17(3)26(37)31-22-11-5-19(6-12-22)15-41-18(4)34)32-27(38)20-7-9-21(10-8-20)29(40)42-33-23(35)13-14-24(33)36/h5-12,16-17,25H,13-15H2,1-4H3,(H,30,39)(H,31,37)(H,32,38)/t17-,25-/m0/s1. The molecule has 13 nitrogen and oxygen atoms in total. The van der Waals surface area contributed by atoms with Gasteiger partial charge in [0, 0.05) is 31.0 Å². The van der Waals surface area contributed by atoms with Crippen LogP contribution in [0.15, 0.2) is 48.5 Å². The summed E-state index contributed by atoms with van der Waals surface area (Å²) >= 11 is 0. The highest BCUT2D eigenvalue weighted by molar-refractivity contribution is 6.03. The van der Waals surface area contributed by atoms with Crippen molar-refractivity contribution in [3.63, 3.8) is 0 Å². The van der Waals surface area contributed by atoms with E-state index in [4.69, 9.17) is 9.57 Å². The summed E-state index contributed by atoms with van der Waals surface area (Å²) in [6, 6.07) is 10.0. The molecule has 2 aromatic rings. The lowest BCUT2D eigenvalue weighted by molar-refractivity contribution is -0.172. The number of imide groups is 1. The first-order valence-corrected chi connectivity index (χ1v) is 13.2. The van der Waals surface area contributed by atoms with Gasteiger partial charge >= 0.3 is 11.9 Å². The predicted molar refractivity (Wildman–Crippen MR) is 147 cm³/mol. The number of amides is 5. The van der Waals surface area contributed by atoms with Gasteiger partial charge in [0.25, 0.3) is 17.7 Å². The molecule has 1 aliphatic rings. The Morgan fingerprint density at radius 2 is 1.38 bits per heavy atom. The first-order chi connectivity index (χ1) is 19.8. The van der Waals surface area contributed by atoms with Gasteiger partial charge < -0.3 is 25.5 Å². The van der Waals surface area contributed by atoms with Crippen molar-refractivity contribution in [2.45, 2.75) is 59.2 Å². The summed E-state index contributed by atoms with van der Waals surface area (Å²) in [5.41, 5.74) is 1.37. The average Bonchev–Trinajstić information content (AvgIpc) is 3.27. The van der Waals surface area contributed by atoms with Crippen molar-refractivity contribution in [3.8, 4) is 0 Å². The normalized spacial score (nSPS) is 14.2. The number of benzene rings is 2. The van der Waals surface area contributed by atoms with Crippen molar-refractivity contribution < 1.29 is 43.1 Å². The molecule has 0 unspecified atom stereocenters. The first-order valence-electron chi connectivity index (χ1n) is 13.2. The molecule has 42 heavy (non-hydrogen) atoms. The van der Waals surface area contributed by atoms with Gasteiger partial charge in [-0.25, -0.2) is 4.79 Å². The Morgan fingerprint density at radius 3 is 1.93 bits per heavy atom. The van der Waals surface area contributed by atoms with Crippen LogP contribution in [0.3, 0.4) is 0 Å². The van der Waals surface area contributed by atoms with Crippen molar-refractivity contribution >= 4 is 47.2 Å². The fourth-order valence-corrected chi connectivity index (χ4v) is 3.80. The number of hydrogen-bond donors (Lipinski definition) is 3. The minimum absolute atomic E-state index is 0.0103. The van der Waals surface area contributed by atoms with Crippen molar-refractivity contribution in [1.82, 2.24) is 15.7 Å². The van der Waals surface area contributed by atoms with Crippen LogP contribution in [-0.4, -0.2) is 58.6 Å². The molecule has 5 amide bonds. The Morgan fingerprint density at radius 1 is 0.810 bits per heavy atom. The van der Waals surface area contributed by atoms with Crippen LogP contribution >= 0.6 is 0 Å². The van der Waals surface area contributed by atoms with E-state index in [1.165, 1.54) is 38.1 Å². The molecule has 1 fully saturated rings. The molecule has 3 N–H and O–H groups in total. The second-order valence-electron chi connectivity index (χ2n) is 9.93. The summed E-state index contributed by atoms with van der Waals surface area (Å²) in [6.07, 6.45) is -0.0689. The Bertz CT molecular complexity index is 1350. The third-order valence-corrected chi connectivity index (χ3v) is 6.21. The second kappa shape index (κ2) is 14.0. The van der Waals surface area contributed by atoms with E-state index in [9.17, 15) is 33.6 Å². The van der Waals surface area contributed by atoms with Crippen LogP contribution in [0.2, 0.25) is 0 Å². The van der Waals surface area contributed by atoms with Crippen LogP contribution in [0.1, 0.15) is 66.8 Å². The Kier molecular flexibility index (Phi) is 10.5. The molecule has 0 aromatic heterocycles. The Hall–Kier alpha value is -5.07. The molecule has 0 bridgehead atoms. The summed E-state index contributed by atoms with van der Waals surface area (Å²) in [7, 11) is 0. The maximum Gasteiger partial charge on any atom is 0.363 e. The van der Waals surface area contributed by atoms with E-state index in [0.717, 1.165) is 5.56 Å². The molecule has 1 heterocycles. The lowest BCUT2D eigenvalue weighted by Gasteiger charge is -2.24. The van der Waals surface area contributed by atoms with Crippen molar-refractivity contribution in [1.29, 1.82) is 0 Å². The van der Waals surface area contributed by atoms with E-state index < -0.39 is 53.6 Å². The minimum atomic E-state index is -0.981. The Labute approximate surface area is 241 Å². The number of esters is 1. The summed E-state index contributed by atoms with van der Waals surface area (Å²) in [5.74, 6) is -4.54. The molecule has 1 aliphatic heterocycles. The van der Waals surface area contributed by atoms with Crippen LogP contribution in [0.4, 0.5) is 5.69 Å². The molecule has 3 rings (SSSR count). The van der Waals surface area contributed by atoms with Gasteiger partial charge in [-0.3, -0.25) is 28.8 Å². The van der Waals surface area contributed by atoms with Crippen LogP contribution < -0.4 is 16.0 Å². The predicted octanol–water partition coefficient (Wildman–Crippen LogP) is 1.87. The van der Waals surface area contributed by atoms with Crippen LogP contribution in [0.25, 0.3) is 0 Å². The molecular formula is C29H32N4O9. The van der Waals surface area contributed by atoms with Gasteiger partial charge in [0.2, 0.25) is 11.8 Å². The fraction of sp³-hybridized carbons (Fsp3) is 0.345. The van der Waals surface area contributed by atoms with Crippen molar-refractivity contribution in [2.75, 3.05) is 5.32 Å². The second-order valence-corrected chi connectivity index (χ2v) is 9.93. The van der Waals surface area contributed by atoms with Crippen LogP contribution in [0, 0.1) is 5.92 Å². The fourth-order valence-electron chi connectivity index (χ4n) is 3.80. The number of hydroxylamine groups is 2. The van der Waals surface area contributed by atoms with Gasteiger partial charge in [-0.05, 0) is 54.8 Å². The highest BCUT2D eigenvalue weighted by atomic mass is 16.7. The van der Waals surface area contributed by atoms with Crippen LogP contribution in [-0.2, 0) is 40.2 Å². The summed E-state index contributed by atoms with van der Waals surface area (Å²) in [4.78, 5) is 89.9. The lowest BCUT2D eigenvalue weighted by atomic mass is 10.0. The van der Waals surface area contributed by atoms with E-state index in [0.29, 0.717) is 10.8 Å². The number of nitrogens with one attached hydrogen (secondary N) is 3. The van der Waals surface area contributed by atoms with Gasteiger partial charge in [-0.2, -0.15) is 0 Å². The van der Waals surface area contributed by atoms with Gasteiger partial charge in [0.1, 0.15) is 18.7 Å². The number of hydrogen-bond acceptors (Lipinski definition) is 9. The highest BCUT2D eigenvalue weighted by Crippen LogP contribution is 2.15. The zero-order valence-electron chi connectivity index (χ0n) is 23.6. The highest BCUT2D eigenvalue weighted by Gasteiger charge is 2.33. The average molecular weight is 581 g/mol. The lowest BCUT2D eigenvalue weighted by Crippen LogP contribution is -2.53. The molecule has 1 saturated heterocycles. The number of carbonyl (C=O) groups is 7. The van der Waals surface area contributed by atoms with Gasteiger partial charge in [0.05, 0.1) is 5.56 Å². The zero-order chi connectivity index (χ0) is 31.0. The summed E-state index contributed by atoms with van der Waals surface area (Å²) in [6.45, 7) is 6.38. The topological polar surface area (TPSA) is 177 Å². The SMILES string of the molecule is CC(=O)OCc1ccc(NC(=O)[C@H](C)NC(=O)[C@@H](NC(=O)c2ccc(C(=O)ON3C(=O)CCC3=O)cc2)C(C)C)cc1. The van der Waals surface area contributed by atoms with E-state index in [1.807, 2.05) is 0 Å². The van der Waals surface area contributed by atoms with E-state index in [2.05, 4.69) is 16.0 Å². The number of ether oxygens (including phenoxy) is 1. The molecule has 0 spiro atoms. The van der Waals surface area contributed by atoms with E-state index in [1.54, 1.807) is 38.1 Å². The Balaban J connectivity index is 1.55. The third kappa shape index (κ3) is 8.46. The molecule has 2 atom stereocenters. The van der Waals surface area contributed by atoms with Gasteiger partial charge in [0.15, 0.2) is 0 Å². The molecule has 13 heteroatoms. The van der Waals surface area contributed by atoms with E-state index >= 15 is 0 Å². The van der Waals surface area contributed by atoms with Gasteiger partial charge in [-0.1, -0.05) is 26.0 Å². The summed E-state index contributed by atoms with van der Waals surface area (Å²) in [5, 5.41) is 8.36. The molecule has 0 saturated carbocycles. The third-order valence-electron chi connectivity index (χ3n) is 6.21.